The maximum absolute atomic E-state index is 13.4. The van der Waals surface area contributed by atoms with Crippen LogP contribution in [0, 0.1) is 0 Å². The average Bonchev–Trinajstić information content (AvgIpc) is 3.39. The number of hydrogen-bond donors (Lipinski definition) is 6. The summed E-state index contributed by atoms with van der Waals surface area (Å²) in [6.45, 7) is 0.537. The van der Waals surface area contributed by atoms with Crippen LogP contribution < -0.4 is 64.8 Å². The fourth-order valence-electron chi connectivity index (χ4n) is 7.29. The first kappa shape index (κ1) is 62.6. The molecule has 19 nitrogen and oxygen atoms in total. The molecular formula is C49H66BrN6O13PS2. The molecule has 0 fully saturated rings. The van der Waals surface area contributed by atoms with Crippen LogP contribution >= 0.6 is 28.9 Å². The van der Waals surface area contributed by atoms with Crippen molar-refractivity contribution < 1.29 is 79.1 Å². The van der Waals surface area contributed by atoms with Gasteiger partial charge in [0, 0.05) is 31.3 Å². The molecule has 0 spiro atoms. The maximum atomic E-state index is 13.4. The molecule has 23 heteroatoms. The minimum Gasteiger partial charge on any atom is -1.00 e. The van der Waals surface area contributed by atoms with Crippen molar-refractivity contribution in [2.24, 2.45) is 0 Å². The Hall–Kier alpha value is -5.54. The van der Waals surface area contributed by atoms with Gasteiger partial charge < -0.3 is 67.8 Å². The number of carbonyl (C=O) groups is 9. The van der Waals surface area contributed by atoms with Crippen LogP contribution in [0.5, 0.6) is 0 Å². The van der Waals surface area contributed by atoms with Gasteiger partial charge in [-0.15, -0.1) is 0 Å². The monoisotopic (exact) mass is 1120 g/mol. The molecule has 6 N–H and O–H groups in total. The molecule has 0 bridgehead atoms. The molecule has 0 aliphatic heterocycles. The van der Waals surface area contributed by atoms with Crippen molar-refractivity contribution in [2.75, 3.05) is 65.7 Å². The highest BCUT2D eigenvalue weighted by Gasteiger charge is 2.44. The number of amides is 5. The summed E-state index contributed by atoms with van der Waals surface area (Å²) in [4.78, 5) is 113. The fourth-order valence-corrected chi connectivity index (χ4v) is 14.1. The van der Waals surface area contributed by atoms with Gasteiger partial charge in [0.2, 0.25) is 29.5 Å². The second kappa shape index (κ2) is 34.8. The first-order chi connectivity index (χ1) is 34.2. The number of unbranched alkanes of at least 4 members (excludes halogenated alkanes) is 1. The normalized spacial score (nSPS) is 12.5. The van der Waals surface area contributed by atoms with Gasteiger partial charge in [-0.2, -0.15) is 0 Å². The van der Waals surface area contributed by atoms with Crippen molar-refractivity contribution in [1.29, 1.82) is 0 Å². The number of benzene rings is 3. The molecule has 0 heterocycles. The second-order valence-corrected chi connectivity index (χ2v) is 22.0. The van der Waals surface area contributed by atoms with Gasteiger partial charge in [-0.05, 0) is 75.0 Å². The van der Waals surface area contributed by atoms with E-state index < -0.39 is 92.0 Å². The van der Waals surface area contributed by atoms with Gasteiger partial charge in [0.25, 0.3) is 0 Å². The van der Waals surface area contributed by atoms with Crippen LogP contribution in [-0.2, 0) is 62.1 Å². The van der Waals surface area contributed by atoms with Crippen LogP contribution in [0.4, 0.5) is 0 Å². The minimum atomic E-state index is -2.08. The summed E-state index contributed by atoms with van der Waals surface area (Å²) in [5.41, 5.74) is 0. The molecular weight excluding hydrogens is 1060 g/mol. The molecule has 0 saturated heterocycles. The van der Waals surface area contributed by atoms with Crippen molar-refractivity contribution >= 4 is 98.2 Å². The van der Waals surface area contributed by atoms with Crippen LogP contribution in [0.25, 0.3) is 0 Å². The Balaban J connectivity index is 0.0000178. The fraction of sp³-hybridized carbons (Fsp3) is 0.449. The third-order valence-corrected chi connectivity index (χ3v) is 17.9. The lowest BCUT2D eigenvalue weighted by Crippen LogP contribution is -3.00. The van der Waals surface area contributed by atoms with Crippen LogP contribution in [0.3, 0.4) is 0 Å². The van der Waals surface area contributed by atoms with Crippen molar-refractivity contribution in [3.63, 3.8) is 0 Å². The van der Waals surface area contributed by atoms with Crippen LogP contribution in [0.15, 0.2) is 91.0 Å². The zero-order valence-corrected chi connectivity index (χ0v) is 45.2. The number of hydrogen-bond acceptors (Lipinski definition) is 16. The number of rotatable bonds is 32. The number of methoxy groups -OCH3 is 4. The van der Waals surface area contributed by atoms with E-state index in [1.54, 1.807) is 0 Å². The number of ether oxygens (including phenoxy) is 4. The molecule has 0 aliphatic rings. The maximum Gasteiger partial charge on any atom is 0.328 e. The van der Waals surface area contributed by atoms with E-state index in [0.29, 0.717) is 12.8 Å². The largest absolute Gasteiger partial charge is 1.00 e. The first-order valence-corrected chi connectivity index (χ1v) is 27.4. The van der Waals surface area contributed by atoms with E-state index >= 15 is 0 Å². The number of carbonyl (C=O) groups excluding carboxylic acids is 9. The Labute approximate surface area is 439 Å². The van der Waals surface area contributed by atoms with Crippen molar-refractivity contribution in [3.8, 4) is 0 Å². The third-order valence-electron chi connectivity index (χ3n) is 10.9. The molecule has 0 unspecified atom stereocenters. The zero-order valence-electron chi connectivity index (χ0n) is 41.1. The summed E-state index contributed by atoms with van der Waals surface area (Å²) in [6, 6.07) is 27.3. The van der Waals surface area contributed by atoms with E-state index in [1.807, 2.05) is 18.2 Å². The highest BCUT2D eigenvalue weighted by molar-refractivity contribution is 8.76. The van der Waals surface area contributed by atoms with Crippen LogP contribution in [0.2, 0.25) is 0 Å². The molecule has 3 rings (SSSR count). The van der Waals surface area contributed by atoms with Gasteiger partial charge in [0.15, 0.2) is 0 Å². The number of nitrogens with one attached hydrogen (secondary N) is 6. The van der Waals surface area contributed by atoms with E-state index in [9.17, 15) is 43.2 Å². The van der Waals surface area contributed by atoms with Gasteiger partial charge in [0.1, 0.15) is 54.4 Å². The van der Waals surface area contributed by atoms with Crippen LogP contribution in [-0.4, -0.2) is 143 Å². The Morgan fingerprint density at radius 3 is 1.40 bits per heavy atom. The van der Waals surface area contributed by atoms with Crippen molar-refractivity contribution in [2.45, 2.75) is 76.0 Å². The van der Waals surface area contributed by atoms with Crippen molar-refractivity contribution in [3.05, 3.63) is 91.0 Å². The highest BCUT2D eigenvalue weighted by atomic mass is 79.9. The molecule has 3 aromatic rings. The molecule has 72 heavy (non-hydrogen) atoms. The third kappa shape index (κ3) is 21.7. The molecule has 0 saturated carbocycles. The zero-order chi connectivity index (χ0) is 52.0. The minimum absolute atomic E-state index is 0. The quantitative estimate of drug-likeness (QED) is 0.0136. The summed E-state index contributed by atoms with van der Waals surface area (Å²) in [5.74, 6) is -5.41. The molecule has 0 radical (unpaired) electrons. The highest BCUT2D eigenvalue weighted by Crippen LogP contribution is 2.56. The van der Waals surface area contributed by atoms with Gasteiger partial charge in [-0.3, -0.25) is 33.6 Å². The molecule has 4 atom stereocenters. The van der Waals surface area contributed by atoms with Crippen molar-refractivity contribution in [1.82, 2.24) is 31.9 Å². The van der Waals surface area contributed by atoms with Gasteiger partial charge >= 0.3 is 23.9 Å². The topological polar surface area (TPSA) is 263 Å². The van der Waals surface area contributed by atoms with E-state index in [1.165, 1.54) is 47.9 Å². The summed E-state index contributed by atoms with van der Waals surface area (Å²) in [7, 11) is 4.92. The molecule has 5 amide bonds. The molecule has 0 aromatic heterocycles. The number of esters is 4. The first-order valence-electron chi connectivity index (χ1n) is 22.9. The lowest BCUT2D eigenvalue weighted by molar-refractivity contribution is -0.145. The van der Waals surface area contributed by atoms with E-state index in [4.69, 9.17) is 9.47 Å². The number of halogens is 1. The summed E-state index contributed by atoms with van der Waals surface area (Å²) < 4.78 is 19.0. The Morgan fingerprint density at radius 2 is 0.944 bits per heavy atom. The lowest BCUT2D eigenvalue weighted by Gasteiger charge is -2.27. The van der Waals surface area contributed by atoms with Gasteiger partial charge in [-0.25, -0.2) is 9.59 Å². The van der Waals surface area contributed by atoms with E-state index in [0.717, 1.165) is 37.6 Å². The Bertz CT molecular complexity index is 2110. The molecule has 0 aliphatic carbocycles. The molecule has 3 aromatic carbocycles. The van der Waals surface area contributed by atoms with Gasteiger partial charge in [-0.1, -0.05) is 76.2 Å². The van der Waals surface area contributed by atoms with E-state index in [2.05, 4.69) is 114 Å². The SMILES string of the molecule is COC(=O)CNC(=O)[C@H](CSSC[C@H](NC(=O)CC[C@H](NC(C)=O)C(=O)OC)C(=O)NCC(=O)OC)NCCC[C@H](NC(=O)CCCC[P+](c1ccccc1)(c1ccccc1)c1ccccc1)C(=O)OC.[Br-]. The van der Waals surface area contributed by atoms with Gasteiger partial charge in [0.05, 0.1) is 40.6 Å². The molecule has 394 valence electrons. The predicted molar refractivity (Wildman–Crippen MR) is 275 cm³/mol. The Morgan fingerprint density at radius 1 is 0.514 bits per heavy atom. The summed E-state index contributed by atoms with van der Waals surface area (Å²) in [6.07, 6.45) is 2.46. The van der Waals surface area contributed by atoms with E-state index in [-0.39, 0.29) is 66.6 Å². The summed E-state index contributed by atoms with van der Waals surface area (Å²) in [5, 5.41) is 19.6. The smallest absolute Gasteiger partial charge is 0.328 e. The predicted octanol–water partition coefficient (Wildman–Crippen LogP) is -1.55. The average molecular weight is 1120 g/mol. The lowest BCUT2D eigenvalue weighted by atomic mass is 10.1. The Kier molecular flexibility index (Phi) is 30.2. The second-order valence-electron chi connectivity index (χ2n) is 15.9. The van der Waals surface area contributed by atoms with Crippen LogP contribution in [0.1, 0.15) is 51.9 Å². The standard InChI is InChI=1S/C49H65N6O13PS2.BrH/c1-34(56)53-39(49(64)68-5)26-27-43(58)55-41(47(62)52-31-45(60)66-3)33-71-70-32-40(46(61)51-30-44(59)65-2)50-28-17-24-38(48(63)67-4)54-42(57)25-15-16-29-69(35-18-9-6-10-19-35,36-20-11-7-12-21-36)37-22-13-8-14-23-37;/h6-14,18-23,38-41,50H,15-17,24-33H2,1-5H3,(H4-,51,52,53,54,55,56,57,58,61,62);1H/t38-,39-,40-,41-;/m0./s1. The summed E-state index contributed by atoms with van der Waals surface area (Å²) >= 11 is 0.